The van der Waals surface area contributed by atoms with Gasteiger partial charge in [0.05, 0.1) is 9.52 Å². The highest BCUT2D eigenvalue weighted by atomic mass is 28.2. The molecule has 0 aromatic heterocycles. The van der Waals surface area contributed by atoms with Crippen LogP contribution in [0.1, 0.15) is 13.3 Å². The van der Waals surface area contributed by atoms with Crippen LogP contribution in [-0.2, 0) is 0 Å². The molecule has 1 rings (SSSR count). The summed E-state index contributed by atoms with van der Waals surface area (Å²) in [6.07, 6.45) is 1.30. The van der Waals surface area contributed by atoms with E-state index in [9.17, 15) is 0 Å². The third-order valence-corrected chi connectivity index (χ3v) is 2.84. The predicted molar refractivity (Wildman–Crippen MR) is 46.9 cm³/mol. The van der Waals surface area contributed by atoms with Crippen molar-refractivity contribution >= 4 is 14.7 Å². The van der Waals surface area contributed by atoms with Gasteiger partial charge in [-0.05, 0) is 0 Å². The van der Waals surface area contributed by atoms with E-state index in [4.69, 9.17) is 0 Å². The van der Waals surface area contributed by atoms with Gasteiger partial charge in [0, 0.05) is 0 Å². The van der Waals surface area contributed by atoms with E-state index >= 15 is 0 Å². The van der Waals surface area contributed by atoms with Gasteiger partial charge in [0.1, 0.15) is 0 Å². The topological polar surface area (TPSA) is 0 Å². The van der Waals surface area contributed by atoms with E-state index in [2.05, 4.69) is 37.3 Å². The van der Waals surface area contributed by atoms with Gasteiger partial charge >= 0.3 is 0 Å². The van der Waals surface area contributed by atoms with Crippen molar-refractivity contribution in [1.29, 1.82) is 0 Å². The highest BCUT2D eigenvalue weighted by Crippen LogP contribution is 1.87. The van der Waals surface area contributed by atoms with E-state index in [0.29, 0.717) is 0 Å². The highest BCUT2D eigenvalue weighted by molar-refractivity contribution is 6.53. The van der Waals surface area contributed by atoms with Crippen molar-refractivity contribution in [2.24, 2.45) is 0 Å². The Morgan fingerprint density at radius 3 is 2.50 bits per heavy atom. The van der Waals surface area contributed by atoms with Gasteiger partial charge < -0.3 is 0 Å². The van der Waals surface area contributed by atoms with Gasteiger partial charge in [-0.15, -0.1) is 0 Å². The monoisotopic (exact) mass is 148 g/mol. The molecule has 0 unspecified atom stereocenters. The first-order valence-electron chi connectivity index (χ1n) is 3.72. The summed E-state index contributed by atoms with van der Waals surface area (Å²) in [5.41, 5.74) is 0. The van der Waals surface area contributed by atoms with Crippen molar-refractivity contribution in [3.05, 3.63) is 30.3 Å². The lowest BCUT2D eigenvalue weighted by molar-refractivity contribution is 1.08. The van der Waals surface area contributed by atoms with Crippen LogP contribution in [0.25, 0.3) is 0 Å². The lowest BCUT2D eigenvalue weighted by Crippen LogP contribution is -2.11. The van der Waals surface area contributed by atoms with E-state index in [1.54, 1.807) is 0 Å². The Kier molecular flexibility index (Phi) is 3.23. The molecule has 0 aliphatic carbocycles. The Balaban J connectivity index is 2.43. The first-order chi connectivity index (χ1) is 4.93. The lowest BCUT2D eigenvalue weighted by Gasteiger charge is -1.94. The molecule has 0 atom stereocenters. The van der Waals surface area contributed by atoms with Gasteiger partial charge in [-0.1, -0.05) is 54.9 Å². The summed E-state index contributed by atoms with van der Waals surface area (Å²) < 4.78 is 0. The Morgan fingerprint density at radius 2 is 1.90 bits per heavy atom. The first-order valence-corrected chi connectivity index (χ1v) is 4.93. The average molecular weight is 148 g/mol. The van der Waals surface area contributed by atoms with E-state index < -0.39 is 0 Å². The molecule has 10 heavy (non-hydrogen) atoms. The third-order valence-electron chi connectivity index (χ3n) is 1.35. The van der Waals surface area contributed by atoms with Crippen LogP contribution < -0.4 is 5.19 Å². The average Bonchev–Trinajstić information content (AvgIpc) is 2.03. The number of hydrogen-bond donors (Lipinski definition) is 0. The largest absolute Gasteiger partial charge is 0.0807 e. The van der Waals surface area contributed by atoms with Crippen LogP contribution in [0.2, 0.25) is 6.04 Å². The molecule has 2 radical (unpaired) electrons. The second-order valence-electron chi connectivity index (χ2n) is 2.29. The van der Waals surface area contributed by atoms with Gasteiger partial charge in [-0.3, -0.25) is 0 Å². The Hall–Kier alpha value is -0.563. The molecule has 0 spiro atoms. The number of benzene rings is 1. The third kappa shape index (κ3) is 2.36. The molecule has 0 aliphatic rings. The zero-order valence-corrected chi connectivity index (χ0v) is 7.30. The van der Waals surface area contributed by atoms with Crippen LogP contribution >= 0.6 is 0 Å². The van der Waals surface area contributed by atoms with Crippen molar-refractivity contribution in [2.75, 3.05) is 0 Å². The quantitative estimate of drug-likeness (QED) is 0.574. The Morgan fingerprint density at radius 1 is 1.20 bits per heavy atom. The summed E-state index contributed by atoms with van der Waals surface area (Å²) in [4.78, 5) is 0. The molecule has 1 aromatic carbocycles. The molecule has 1 heteroatoms. The maximum Gasteiger partial charge on any atom is 0.0807 e. The van der Waals surface area contributed by atoms with Crippen LogP contribution in [0, 0.1) is 0 Å². The van der Waals surface area contributed by atoms with Crippen molar-refractivity contribution in [3.63, 3.8) is 0 Å². The van der Waals surface area contributed by atoms with E-state index in [0.717, 1.165) is 9.52 Å². The van der Waals surface area contributed by atoms with Crippen molar-refractivity contribution < 1.29 is 0 Å². The second-order valence-corrected chi connectivity index (χ2v) is 3.72. The van der Waals surface area contributed by atoms with Crippen molar-refractivity contribution in [1.82, 2.24) is 0 Å². The van der Waals surface area contributed by atoms with Crippen LogP contribution in [-0.4, -0.2) is 9.52 Å². The zero-order valence-electron chi connectivity index (χ0n) is 6.30. The lowest BCUT2D eigenvalue weighted by atomic mass is 10.4. The summed E-state index contributed by atoms with van der Waals surface area (Å²) >= 11 is 0. The van der Waals surface area contributed by atoms with Crippen molar-refractivity contribution in [3.8, 4) is 0 Å². The summed E-state index contributed by atoms with van der Waals surface area (Å²) in [5, 5.41) is 1.49. The maximum absolute atomic E-state index is 2.23. The standard InChI is InChI=1S/C9H12Si/c1-2-8-10-9-6-4-3-5-7-9/h3-7H,2,8H2,1H3. The molecule has 0 nitrogen and oxygen atoms in total. The fourth-order valence-corrected chi connectivity index (χ4v) is 1.79. The normalized spacial score (nSPS) is 9.70. The minimum Gasteiger partial charge on any atom is -0.0657 e. The minimum absolute atomic E-state index is 1.00. The molecule has 1 aromatic rings. The van der Waals surface area contributed by atoms with Crippen LogP contribution in [0.3, 0.4) is 0 Å². The second kappa shape index (κ2) is 4.28. The SMILES string of the molecule is CCC[Si]c1ccccc1. The molecule has 0 N–H and O–H groups in total. The molecular weight excluding hydrogens is 136 g/mol. The molecule has 0 heterocycles. The first kappa shape index (κ1) is 7.54. The molecule has 52 valence electrons. The zero-order chi connectivity index (χ0) is 7.23. The highest BCUT2D eigenvalue weighted by Gasteiger charge is 1.89. The van der Waals surface area contributed by atoms with Gasteiger partial charge in [0.25, 0.3) is 0 Å². The number of rotatable bonds is 3. The molecular formula is C9H12Si. The summed E-state index contributed by atoms with van der Waals surface area (Å²) in [7, 11) is 1.00. The summed E-state index contributed by atoms with van der Waals surface area (Å²) in [6.45, 7) is 2.23. The van der Waals surface area contributed by atoms with Crippen molar-refractivity contribution in [2.45, 2.75) is 19.4 Å². The summed E-state index contributed by atoms with van der Waals surface area (Å²) in [6, 6.07) is 12.0. The smallest absolute Gasteiger partial charge is 0.0657 e. The summed E-state index contributed by atoms with van der Waals surface area (Å²) in [5.74, 6) is 0. The molecule has 0 aliphatic heterocycles. The van der Waals surface area contributed by atoms with Crippen LogP contribution in [0.5, 0.6) is 0 Å². The molecule has 0 amide bonds. The van der Waals surface area contributed by atoms with Gasteiger partial charge in [-0.25, -0.2) is 0 Å². The van der Waals surface area contributed by atoms with Crippen LogP contribution in [0.15, 0.2) is 30.3 Å². The molecule has 0 saturated carbocycles. The minimum atomic E-state index is 1.00. The number of hydrogen-bond acceptors (Lipinski definition) is 0. The van der Waals surface area contributed by atoms with Gasteiger partial charge in [-0.2, -0.15) is 0 Å². The maximum atomic E-state index is 2.23. The molecule has 0 bridgehead atoms. The molecule has 0 fully saturated rings. The van der Waals surface area contributed by atoms with E-state index in [1.165, 1.54) is 17.7 Å². The van der Waals surface area contributed by atoms with E-state index in [-0.39, 0.29) is 0 Å². The van der Waals surface area contributed by atoms with E-state index in [1.807, 2.05) is 0 Å². The predicted octanol–water partition coefficient (Wildman–Crippen LogP) is 1.84. The Bertz CT molecular complexity index is 169. The van der Waals surface area contributed by atoms with Crippen LogP contribution in [0.4, 0.5) is 0 Å². The van der Waals surface area contributed by atoms with Gasteiger partial charge in [0.2, 0.25) is 0 Å². The van der Waals surface area contributed by atoms with Gasteiger partial charge in [0.15, 0.2) is 0 Å². The Labute approximate surface area is 65.1 Å². The fraction of sp³-hybridized carbons (Fsp3) is 0.333. The fourth-order valence-electron chi connectivity index (χ4n) is 0.825. The molecule has 0 saturated heterocycles.